The van der Waals surface area contributed by atoms with Crippen molar-refractivity contribution < 1.29 is 13.9 Å². The zero-order valence-corrected chi connectivity index (χ0v) is 14.6. The number of furan rings is 1. The first-order chi connectivity index (χ1) is 11.2. The third-order valence-electron chi connectivity index (χ3n) is 3.25. The van der Waals surface area contributed by atoms with Gasteiger partial charge < -0.3 is 14.1 Å². The highest BCUT2D eigenvalue weighted by molar-refractivity contribution is 7.99. The van der Waals surface area contributed by atoms with E-state index < -0.39 is 0 Å². The summed E-state index contributed by atoms with van der Waals surface area (Å²) in [6.07, 6.45) is 2.06. The fourth-order valence-electron chi connectivity index (χ4n) is 2.05. The Labute approximate surface area is 145 Å². The first-order valence-electron chi connectivity index (χ1n) is 7.37. The van der Waals surface area contributed by atoms with Crippen molar-refractivity contribution >= 4 is 29.3 Å². The van der Waals surface area contributed by atoms with E-state index in [1.54, 1.807) is 30.0 Å². The molecule has 0 spiro atoms. The van der Waals surface area contributed by atoms with Crippen LogP contribution in [0.15, 0.2) is 52.0 Å². The number of benzene rings is 1. The van der Waals surface area contributed by atoms with Crippen molar-refractivity contribution in [2.75, 3.05) is 26.0 Å². The number of nitrogens with zero attached hydrogens (tertiary/aromatic N) is 1. The largest absolute Gasteiger partial charge is 0.467 e. The predicted octanol–water partition coefficient (Wildman–Crippen LogP) is 4.09. The molecule has 0 saturated carbocycles. The average Bonchev–Trinajstić information content (AvgIpc) is 3.06. The molecule has 2 aromatic rings. The first-order valence-corrected chi connectivity index (χ1v) is 8.73. The molecule has 0 bridgehead atoms. The number of thioether (sulfide) groups is 1. The fraction of sp³-hybridized carbons (Fsp3) is 0.353. The number of carbonyl (C=O) groups excluding carboxylic acids is 1. The highest BCUT2D eigenvalue weighted by atomic mass is 35.5. The van der Waals surface area contributed by atoms with Gasteiger partial charge in [-0.25, -0.2) is 0 Å². The van der Waals surface area contributed by atoms with Gasteiger partial charge in [-0.1, -0.05) is 23.7 Å². The molecule has 0 N–H and O–H groups in total. The van der Waals surface area contributed by atoms with E-state index in [1.165, 1.54) is 0 Å². The lowest BCUT2D eigenvalue weighted by molar-refractivity contribution is -0.132. The van der Waals surface area contributed by atoms with Crippen LogP contribution in [0.1, 0.15) is 12.2 Å². The minimum absolute atomic E-state index is 0.0815. The van der Waals surface area contributed by atoms with Gasteiger partial charge in [-0.3, -0.25) is 4.79 Å². The monoisotopic (exact) mass is 353 g/mol. The van der Waals surface area contributed by atoms with Gasteiger partial charge in [0, 0.05) is 30.7 Å². The number of methoxy groups -OCH3 is 1. The maximum atomic E-state index is 12.4. The van der Waals surface area contributed by atoms with Gasteiger partial charge in [0.1, 0.15) is 5.76 Å². The van der Waals surface area contributed by atoms with Crippen molar-refractivity contribution in [3.8, 4) is 0 Å². The second-order valence-electron chi connectivity index (χ2n) is 4.92. The highest BCUT2D eigenvalue weighted by Gasteiger charge is 2.15. The molecule has 4 nitrogen and oxygen atoms in total. The van der Waals surface area contributed by atoms with Gasteiger partial charge in [0.2, 0.25) is 5.91 Å². The Hall–Kier alpha value is -1.43. The van der Waals surface area contributed by atoms with Crippen LogP contribution in [0.3, 0.4) is 0 Å². The number of halogens is 1. The Bertz CT molecular complexity index is 604. The first kappa shape index (κ1) is 17.9. The Morgan fingerprint density at radius 3 is 2.83 bits per heavy atom. The summed E-state index contributed by atoms with van der Waals surface area (Å²) in [4.78, 5) is 15.2. The van der Waals surface area contributed by atoms with Crippen LogP contribution in [0.2, 0.25) is 5.02 Å². The van der Waals surface area contributed by atoms with Crippen LogP contribution < -0.4 is 0 Å². The lowest BCUT2D eigenvalue weighted by Gasteiger charge is -2.21. The Balaban J connectivity index is 1.85. The Morgan fingerprint density at radius 2 is 2.13 bits per heavy atom. The van der Waals surface area contributed by atoms with Crippen molar-refractivity contribution in [2.24, 2.45) is 0 Å². The summed E-state index contributed by atoms with van der Waals surface area (Å²) in [7, 11) is 1.63. The molecule has 0 aliphatic carbocycles. The summed E-state index contributed by atoms with van der Waals surface area (Å²) < 4.78 is 10.4. The molecule has 1 aromatic carbocycles. The zero-order chi connectivity index (χ0) is 16.5. The van der Waals surface area contributed by atoms with E-state index in [0.717, 1.165) is 15.7 Å². The van der Waals surface area contributed by atoms with Crippen LogP contribution in [0, 0.1) is 0 Å². The number of hydrogen-bond acceptors (Lipinski definition) is 4. The zero-order valence-electron chi connectivity index (χ0n) is 13.0. The quantitative estimate of drug-likeness (QED) is 0.637. The van der Waals surface area contributed by atoms with Gasteiger partial charge in [0.05, 0.1) is 24.4 Å². The lowest BCUT2D eigenvalue weighted by atomic mass is 10.3. The minimum Gasteiger partial charge on any atom is -0.467 e. The van der Waals surface area contributed by atoms with Gasteiger partial charge in [0.15, 0.2) is 0 Å². The van der Waals surface area contributed by atoms with Crippen molar-refractivity contribution in [1.82, 2.24) is 4.90 Å². The Morgan fingerprint density at radius 1 is 1.30 bits per heavy atom. The van der Waals surface area contributed by atoms with Crippen LogP contribution in [0.5, 0.6) is 0 Å². The summed E-state index contributed by atoms with van der Waals surface area (Å²) in [5, 5.41) is 0.719. The molecular formula is C17H20ClNO3S. The van der Waals surface area contributed by atoms with Crippen LogP contribution in [0.25, 0.3) is 0 Å². The molecule has 0 aliphatic rings. The number of rotatable bonds is 9. The molecule has 1 aromatic heterocycles. The average molecular weight is 354 g/mol. The topological polar surface area (TPSA) is 42.7 Å². The van der Waals surface area contributed by atoms with Gasteiger partial charge in [-0.15, -0.1) is 11.8 Å². The molecule has 1 amide bonds. The van der Waals surface area contributed by atoms with E-state index in [4.69, 9.17) is 20.8 Å². The summed E-state index contributed by atoms with van der Waals surface area (Å²) >= 11 is 7.71. The van der Waals surface area contributed by atoms with Crippen molar-refractivity contribution in [3.63, 3.8) is 0 Å². The molecule has 1 heterocycles. The molecule has 2 rings (SSSR count). The molecule has 6 heteroatoms. The van der Waals surface area contributed by atoms with E-state index in [9.17, 15) is 4.79 Å². The van der Waals surface area contributed by atoms with E-state index in [0.29, 0.717) is 31.9 Å². The summed E-state index contributed by atoms with van der Waals surface area (Å²) in [5.41, 5.74) is 0. The normalized spacial score (nSPS) is 10.7. The third kappa shape index (κ3) is 5.94. The smallest absolute Gasteiger partial charge is 0.223 e. The van der Waals surface area contributed by atoms with E-state index in [2.05, 4.69) is 0 Å². The molecule has 0 saturated heterocycles. The number of carbonyl (C=O) groups is 1. The van der Waals surface area contributed by atoms with Gasteiger partial charge in [-0.05, 0) is 24.3 Å². The van der Waals surface area contributed by atoms with Crippen LogP contribution in [-0.2, 0) is 16.1 Å². The molecule has 124 valence electrons. The molecule has 0 atom stereocenters. The summed E-state index contributed by atoms with van der Waals surface area (Å²) in [6.45, 7) is 1.52. The number of ether oxygens (including phenoxy) is 1. The van der Waals surface area contributed by atoms with Gasteiger partial charge in [0.25, 0.3) is 0 Å². The molecule has 0 unspecified atom stereocenters. The predicted molar refractivity (Wildman–Crippen MR) is 92.8 cm³/mol. The van der Waals surface area contributed by atoms with Crippen LogP contribution in [-0.4, -0.2) is 36.8 Å². The van der Waals surface area contributed by atoms with Crippen molar-refractivity contribution in [3.05, 3.63) is 53.4 Å². The molecule has 0 fully saturated rings. The maximum Gasteiger partial charge on any atom is 0.223 e. The third-order valence-corrected chi connectivity index (χ3v) is 4.77. The van der Waals surface area contributed by atoms with E-state index in [-0.39, 0.29) is 5.91 Å². The van der Waals surface area contributed by atoms with Gasteiger partial charge >= 0.3 is 0 Å². The standard InChI is InChI=1S/C17H20ClNO3S/c1-21-11-9-19(13-14-5-4-10-22-14)17(20)8-12-23-16-7-3-2-6-15(16)18/h2-7,10H,8-9,11-13H2,1H3. The maximum absolute atomic E-state index is 12.4. The molecule has 23 heavy (non-hydrogen) atoms. The number of hydrogen-bond donors (Lipinski definition) is 0. The molecule has 0 radical (unpaired) electrons. The fourth-order valence-corrected chi connectivity index (χ4v) is 3.23. The van der Waals surface area contributed by atoms with Gasteiger partial charge in [-0.2, -0.15) is 0 Å². The van der Waals surface area contributed by atoms with Crippen molar-refractivity contribution in [2.45, 2.75) is 17.9 Å². The van der Waals surface area contributed by atoms with Crippen LogP contribution in [0.4, 0.5) is 0 Å². The van der Waals surface area contributed by atoms with Crippen molar-refractivity contribution in [1.29, 1.82) is 0 Å². The lowest BCUT2D eigenvalue weighted by Crippen LogP contribution is -2.33. The minimum atomic E-state index is 0.0815. The Kier molecular flexibility index (Phi) is 7.52. The molecule has 0 aliphatic heterocycles. The van der Waals surface area contributed by atoms with Crippen LogP contribution >= 0.6 is 23.4 Å². The SMILES string of the molecule is COCCN(Cc1ccco1)C(=O)CCSc1ccccc1Cl. The summed E-state index contributed by atoms with van der Waals surface area (Å²) in [5.74, 6) is 1.54. The second kappa shape index (κ2) is 9.65. The number of amides is 1. The van der Waals surface area contributed by atoms with E-state index >= 15 is 0 Å². The highest BCUT2D eigenvalue weighted by Crippen LogP contribution is 2.27. The summed E-state index contributed by atoms with van der Waals surface area (Å²) in [6, 6.07) is 11.3. The molecular weight excluding hydrogens is 334 g/mol. The second-order valence-corrected chi connectivity index (χ2v) is 6.46. The van der Waals surface area contributed by atoms with E-state index in [1.807, 2.05) is 36.4 Å².